The lowest BCUT2D eigenvalue weighted by Crippen LogP contribution is -2.17. The Morgan fingerprint density at radius 2 is 1.85 bits per heavy atom. The van der Waals surface area contributed by atoms with Crippen LogP contribution >= 0.6 is 0 Å². The Bertz CT molecular complexity index is 904. The highest BCUT2D eigenvalue weighted by atomic mass is 16.5. The van der Waals surface area contributed by atoms with E-state index in [1.54, 1.807) is 30.0 Å². The first-order chi connectivity index (χ1) is 12.6. The number of methoxy groups -OCH3 is 2. The molecule has 0 unspecified atom stereocenters. The molecular weight excluding hydrogens is 330 g/mol. The van der Waals surface area contributed by atoms with Crippen molar-refractivity contribution >= 4 is 11.7 Å². The van der Waals surface area contributed by atoms with Gasteiger partial charge in [-0.1, -0.05) is 30.3 Å². The second-order valence-corrected chi connectivity index (χ2v) is 5.83. The molecule has 1 amide bonds. The van der Waals surface area contributed by atoms with Gasteiger partial charge >= 0.3 is 0 Å². The molecule has 0 radical (unpaired) electrons. The van der Waals surface area contributed by atoms with Gasteiger partial charge in [0.05, 0.1) is 32.0 Å². The first-order valence-electron chi connectivity index (χ1n) is 8.22. The SMILES string of the molecule is COc1ccc(OC)c(C(=O)Nc2cc(C)nn2Cc2ccccc2)c1. The number of hydrogen-bond acceptors (Lipinski definition) is 4. The van der Waals surface area contributed by atoms with Crippen LogP contribution in [0.5, 0.6) is 11.5 Å². The summed E-state index contributed by atoms with van der Waals surface area (Å²) in [5, 5.41) is 7.39. The molecule has 0 atom stereocenters. The zero-order valence-corrected chi connectivity index (χ0v) is 15.0. The van der Waals surface area contributed by atoms with Gasteiger partial charge in [-0.05, 0) is 30.7 Å². The van der Waals surface area contributed by atoms with Crippen molar-refractivity contribution in [2.75, 3.05) is 19.5 Å². The molecule has 0 bridgehead atoms. The van der Waals surface area contributed by atoms with E-state index < -0.39 is 0 Å². The molecule has 6 heteroatoms. The van der Waals surface area contributed by atoms with Crippen molar-refractivity contribution in [3.63, 3.8) is 0 Å². The Labute approximate surface area is 152 Å². The summed E-state index contributed by atoms with van der Waals surface area (Å²) in [6.07, 6.45) is 0. The van der Waals surface area contributed by atoms with Crippen LogP contribution in [0.1, 0.15) is 21.6 Å². The van der Waals surface area contributed by atoms with Crippen LogP contribution in [-0.4, -0.2) is 29.9 Å². The van der Waals surface area contributed by atoms with Gasteiger partial charge in [0.25, 0.3) is 5.91 Å². The summed E-state index contributed by atoms with van der Waals surface area (Å²) in [7, 11) is 3.09. The van der Waals surface area contributed by atoms with Crippen LogP contribution in [0.2, 0.25) is 0 Å². The fourth-order valence-corrected chi connectivity index (χ4v) is 2.70. The molecule has 1 heterocycles. The normalized spacial score (nSPS) is 10.4. The van der Waals surface area contributed by atoms with Gasteiger partial charge in [0, 0.05) is 6.07 Å². The van der Waals surface area contributed by atoms with Gasteiger partial charge in [-0.25, -0.2) is 4.68 Å². The highest BCUT2D eigenvalue weighted by Gasteiger charge is 2.16. The zero-order valence-electron chi connectivity index (χ0n) is 15.0. The van der Waals surface area contributed by atoms with Gasteiger partial charge in [-0.3, -0.25) is 4.79 Å². The number of hydrogen-bond donors (Lipinski definition) is 1. The molecule has 1 aromatic heterocycles. The van der Waals surface area contributed by atoms with Crippen LogP contribution in [0.3, 0.4) is 0 Å². The van der Waals surface area contributed by atoms with Crippen molar-refractivity contribution in [1.82, 2.24) is 9.78 Å². The fourth-order valence-electron chi connectivity index (χ4n) is 2.70. The molecule has 0 saturated carbocycles. The molecule has 1 N–H and O–H groups in total. The van der Waals surface area contributed by atoms with Gasteiger partial charge in [0.2, 0.25) is 0 Å². The summed E-state index contributed by atoms with van der Waals surface area (Å²) in [4.78, 5) is 12.8. The predicted molar refractivity (Wildman–Crippen MR) is 100 cm³/mol. The molecule has 3 aromatic rings. The summed E-state index contributed by atoms with van der Waals surface area (Å²) in [6.45, 7) is 2.46. The van der Waals surface area contributed by atoms with E-state index in [0.717, 1.165) is 11.3 Å². The number of aromatic nitrogens is 2. The van der Waals surface area contributed by atoms with Gasteiger partial charge in [0.15, 0.2) is 0 Å². The number of rotatable bonds is 6. The minimum Gasteiger partial charge on any atom is -0.497 e. The van der Waals surface area contributed by atoms with Crippen LogP contribution in [-0.2, 0) is 6.54 Å². The largest absolute Gasteiger partial charge is 0.497 e. The molecule has 134 valence electrons. The lowest BCUT2D eigenvalue weighted by atomic mass is 10.1. The van der Waals surface area contributed by atoms with E-state index in [1.807, 2.05) is 43.3 Å². The second-order valence-electron chi connectivity index (χ2n) is 5.83. The van der Waals surface area contributed by atoms with Crippen molar-refractivity contribution in [1.29, 1.82) is 0 Å². The maximum Gasteiger partial charge on any atom is 0.260 e. The molecular formula is C20H21N3O3. The van der Waals surface area contributed by atoms with E-state index >= 15 is 0 Å². The first-order valence-corrected chi connectivity index (χ1v) is 8.22. The maximum atomic E-state index is 12.8. The van der Waals surface area contributed by atoms with Crippen LogP contribution < -0.4 is 14.8 Å². The Balaban J connectivity index is 1.86. The summed E-state index contributed by atoms with van der Waals surface area (Å²) >= 11 is 0. The predicted octanol–water partition coefficient (Wildman–Crippen LogP) is 3.51. The monoisotopic (exact) mass is 351 g/mol. The van der Waals surface area contributed by atoms with Crippen LogP contribution in [0.25, 0.3) is 0 Å². The van der Waals surface area contributed by atoms with Crippen molar-refractivity contribution in [2.24, 2.45) is 0 Å². The average Bonchev–Trinajstić information content (AvgIpc) is 3.00. The van der Waals surface area contributed by atoms with E-state index in [1.165, 1.54) is 7.11 Å². The summed E-state index contributed by atoms with van der Waals surface area (Å²) in [5.41, 5.74) is 2.33. The number of carbonyl (C=O) groups excluding carboxylic acids is 1. The number of amides is 1. The van der Waals surface area contributed by atoms with Crippen molar-refractivity contribution in [3.8, 4) is 11.5 Å². The van der Waals surface area contributed by atoms with Crippen LogP contribution in [0.4, 0.5) is 5.82 Å². The van der Waals surface area contributed by atoms with Crippen LogP contribution in [0, 0.1) is 6.92 Å². The van der Waals surface area contributed by atoms with Gasteiger partial charge in [-0.15, -0.1) is 0 Å². The Hall–Kier alpha value is -3.28. The molecule has 0 spiro atoms. The fraction of sp³-hybridized carbons (Fsp3) is 0.200. The standard InChI is InChI=1S/C20H21N3O3/c1-14-11-19(23(22-14)13-15-7-5-4-6-8-15)21-20(24)17-12-16(25-2)9-10-18(17)26-3/h4-12H,13H2,1-3H3,(H,21,24). The Morgan fingerprint density at radius 1 is 1.08 bits per heavy atom. The highest BCUT2D eigenvalue weighted by Crippen LogP contribution is 2.25. The third kappa shape index (κ3) is 3.85. The van der Waals surface area contributed by atoms with E-state index in [2.05, 4.69) is 10.4 Å². The molecule has 0 aliphatic rings. The summed E-state index contributed by atoms with van der Waals surface area (Å²) < 4.78 is 12.3. The minimum atomic E-state index is -0.282. The molecule has 6 nitrogen and oxygen atoms in total. The van der Waals surface area contributed by atoms with E-state index in [0.29, 0.717) is 29.4 Å². The Kier molecular flexibility index (Phi) is 5.22. The summed E-state index contributed by atoms with van der Waals surface area (Å²) in [6, 6.07) is 16.9. The Morgan fingerprint density at radius 3 is 2.54 bits per heavy atom. The van der Waals surface area contributed by atoms with E-state index in [4.69, 9.17) is 9.47 Å². The lowest BCUT2D eigenvalue weighted by molar-refractivity contribution is 0.102. The molecule has 2 aromatic carbocycles. The van der Waals surface area contributed by atoms with Crippen molar-refractivity contribution in [2.45, 2.75) is 13.5 Å². The quantitative estimate of drug-likeness (QED) is 0.738. The lowest BCUT2D eigenvalue weighted by Gasteiger charge is -2.12. The number of nitrogens with one attached hydrogen (secondary N) is 1. The maximum absolute atomic E-state index is 12.8. The number of benzene rings is 2. The molecule has 0 fully saturated rings. The third-order valence-corrected chi connectivity index (χ3v) is 3.97. The average molecular weight is 351 g/mol. The number of carbonyl (C=O) groups is 1. The highest BCUT2D eigenvalue weighted by molar-refractivity contribution is 6.06. The third-order valence-electron chi connectivity index (χ3n) is 3.97. The first kappa shape index (κ1) is 17.5. The van der Waals surface area contributed by atoms with Crippen LogP contribution in [0.15, 0.2) is 54.6 Å². The number of nitrogens with zero attached hydrogens (tertiary/aromatic N) is 2. The van der Waals surface area contributed by atoms with Gasteiger partial charge < -0.3 is 14.8 Å². The number of anilines is 1. The molecule has 0 aliphatic heterocycles. The van der Waals surface area contributed by atoms with Gasteiger partial charge in [-0.2, -0.15) is 5.10 Å². The smallest absolute Gasteiger partial charge is 0.260 e. The molecule has 3 rings (SSSR count). The zero-order chi connectivity index (χ0) is 18.5. The van der Waals surface area contributed by atoms with Crippen molar-refractivity contribution < 1.29 is 14.3 Å². The molecule has 0 saturated heterocycles. The van der Waals surface area contributed by atoms with Gasteiger partial charge in [0.1, 0.15) is 17.3 Å². The minimum absolute atomic E-state index is 0.282. The van der Waals surface area contributed by atoms with Crippen molar-refractivity contribution in [3.05, 3.63) is 71.4 Å². The van der Waals surface area contributed by atoms with E-state index in [9.17, 15) is 4.79 Å². The summed E-state index contributed by atoms with van der Waals surface area (Å²) in [5.74, 6) is 1.41. The second kappa shape index (κ2) is 7.74. The molecule has 26 heavy (non-hydrogen) atoms. The topological polar surface area (TPSA) is 65.4 Å². The molecule has 0 aliphatic carbocycles. The van der Waals surface area contributed by atoms with E-state index in [-0.39, 0.29) is 5.91 Å². The number of ether oxygens (including phenoxy) is 2. The number of aryl methyl sites for hydroxylation is 1.